The molecule has 2 aliphatic rings. The lowest BCUT2D eigenvalue weighted by atomic mass is 9.85. The number of nitrogens with zero attached hydrogens (tertiary/aromatic N) is 1. The highest BCUT2D eigenvalue weighted by Gasteiger charge is 2.37. The van der Waals surface area contributed by atoms with E-state index in [1.165, 1.54) is 66.3 Å². The Bertz CT molecular complexity index is 1940. The second-order valence-corrected chi connectivity index (χ2v) is 10.9. The van der Waals surface area contributed by atoms with E-state index in [-0.39, 0.29) is 6.04 Å². The third-order valence-electron chi connectivity index (χ3n) is 8.72. The molecule has 0 N–H and O–H groups in total. The maximum atomic E-state index is 2.52. The van der Waals surface area contributed by atoms with E-state index in [0.717, 1.165) is 0 Å². The molecule has 8 rings (SSSR count). The highest BCUT2D eigenvalue weighted by molar-refractivity contribution is 6.21. The Hall–Kier alpha value is -4.88. The molecule has 0 saturated heterocycles. The van der Waals surface area contributed by atoms with E-state index in [1.54, 1.807) is 0 Å². The number of hydrogen-bond acceptors (Lipinski definition) is 1. The van der Waals surface area contributed by atoms with E-state index in [9.17, 15) is 0 Å². The molecule has 1 heteroatoms. The van der Waals surface area contributed by atoms with Crippen LogP contribution in [0.3, 0.4) is 0 Å². The van der Waals surface area contributed by atoms with E-state index < -0.39 is 0 Å². The lowest BCUT2D eigenvalue weighted by Crippen LogP contribution is -2.28. The maximum absolute atomic E-state index is 2.52. The van der Waals surface area contributed by atoms with Crippen LogP contribution in [-0.2, 0) is 0 Å². The summed E-state index contributed by atoms with van der Waals surface area (Å²) in [6.07, 6.45) is 9.07. The Balaban J connectivity index is 1.39. The molecule has 40 heavy (non-hydrogen) atoms. The van der Waals surface area contributed by atoms with E-state index >= 15 is 0 Å². The average Bonchev–Trinajstić information content (AvgIpc) is 3.35. The summed E-state index contributed by atoms with van der Waals surface area (Å²) in [6, 6.07) is 44.9. The minimum Gasteiger partial charge on any atom is -0.333 e. The molecular formula is C39H29N. The third kappa shape index (κ3) is 3.41. The number of rotatable bonds is 3. The molecule has 1 aliphatic carbocycles. The Morgan fingerprint density at radius 1 is 0.550 bits per heavy atom. The zero-order chi connectivity index (χ0) is 26.6. The second-order valence-electron chi connectivity index (χ2n) is 10.9. The van der Waals surface area contributed by atoms with Crippen molar-refractivity contribution in [1.82, 2.24) is 0 Å². The number of fused-ring (bicyclic) bond motifs is 5. The van der Waals surface area contributed by atoms with Gasteiger partial charge in [0.15, 0.2) is 0 Å². The Labute approximate surface area is 235 Å². The van der Waals surface area contributed by atoms with E-state index in [4.69, 9.17) is 0 Å². The van der Waals surface area contributed by atoms with Crippen molar-refractivity contribution in [1.29, 1.82) is 0 Å². The lowest BCUT2D eigenvalue weighted by molar-refractivity contribution is 0.745. The zero-order valence-corrected chi connectivity index (χ0v) is 22.5. The van der Waals surface area contributed by atoms with Gasteiger partial charge < -0.3 is 4.90 Å². The normalized spacial score (nSPS) is 17.4. The Kier molecular flexibility index (Phi) is 5.24. The molecule has 190 valence electrons. The van der Waals surface area contributed by atoms with Gasteiger partial charge in [0, 0.05) is 17.3 Å². The molecule has 0 saturated carbocycles. The smallest absolute Gasteiger partial charge is 0.0629 e. The van der Waals surface area contributed by atoms with Crippen LogP contribution in [0.5, 0.6) is 0 Å². The predicted octanol–water partition coefficient (Wildman–Crippen LogP) is 10.4. The molecule has 0 spiro atoms. The molecule has 1 aliphatic heterocycles. The van der Waals surface area contributed by atoms with Gasteiger partial charge >= 0.3 is 0 Å². The minimum absolute atomic E-state index is 0.287. The van der Waals surface area contributed by atoms with Gasteiger partial charge in [-0.15, -0.1) is 0 Å². The first-order valence-electron chi connectivity index (χ1n) is 14.1. The molecule has 1 heterocycles. The van der Waals surface area contributed by atoms with Gasteiger partial charge in [0.1, 0.15) is 0 Å². The fourth-order valence-corrected chi connectivity index (χ4v) is 6.98. The fourth-order valence-electron chi connectivity index (χ4n) is 6.98. The largest absolute Gasteiger partial charge is 0.333 e. The lowest BCUT2D eigenvalue weighted by Gasteiger charge is -2.29. The highest BCUT2D eigenvalue weighted by atomic mass is 15.2. The first-order chi connectivity index (χ1) is 19.8. The number of aryl methyl sites for hydroxylation is 1. The molecular weight excluding hydrogens is 482 g/mol. The molecule has 0 aromatic heterocycles. The van der Waals surface area contributed by atoms with E-state index in [0.29, 0.717) is 5.92 Å². The van der Waals surface area contributed by atoms with Crippen molar-refractivity contribution < 1.29 is 0 Å². The van der Waals surface area contributed by atoms with Crippen molar-refractivity contribution in [2.45, 2.75) is 18.9 Å². The summed E-state index contributed by atoms with van der Waals surface area (Å²) in [5, 5.41) is 5.17. The van der Waals surface area contributed by atoms with Gasteiger partial charge in [0.25, 0.3) is 0 Å². The maximum Gasteiger partial charge on any atom is 0.0629 e. The van der Waals surface area contributed by atoms with Gasteiger partial charge in [-0.25, -0.2) is 0 Å². The van der Waals surface area contributed by atoms with Gasteiger partial charge in [-0.05, 0) is 80.0 Å². The summed E-state index contributed by atoms with van der Waals surface area (Å²) in [7, 11) is 0. The summed E-state index contributed by atoms with van der Waals surface area (Å²) >= 11 is 0. The van der Waals surface area contributed by atoms with Crippen molar-refractivity contribution in [2.75, 3.05) is 4.90 Å². The van der Waals surface area contributed by atoms with Crippen molar-refractivity contribution >= 4 is 32.9 Å². The van der Waals surface area contributed by atoms with Crippen LogP contribution in [0.25, 0.3) is 43.8 Å². The molecule has 1 nitrogen and oxygen atoms in total. The van der Waals surface area contributed by atoms with Gasteiger partial charge in [-0.3, -0.25) is 0 Å². The molecule has 2 atom stereocenters. The van der Waals surface area contributed by atoms with Crippen LogP contribution in [0, 0.1) is 6.92 Å². The molecule has 2 unspecified atom stereocenters. The minimum atomic E-state index is 0.287. The number of allylic oxidation sites excluding steroid dienone is 2. The summed E-state index contributed by atoms with van der Waals surface area (Å²) in [6.45, 7) is 2.21. The second kappa shape index (κ2) is 9.10. The quantitative estimate of drug-likeness (QED) is 0.214. The van der Waals surface area contributed by atoms with Crippen LogP contribution >= 0.6 is 0 Å². The van der Waals surface area contributed by atoms with Crippen LogP contribution in [0.1, 0.15) is 17.0 Å². The monoisotopic (exact) mass is 511 g/mol. The highest BCUT2D eigenvalue weighted by Crippen LogP contribution is 2.49. The molecule has 0 bridgehead atoms. The van der Waals surface area contributed by atoms with Crippen molar-refractivity contribution in [3.63, 3.8) is 0 Å². The zero-order valence-electron chi connectivity index (χ0n) is 22.5. The Morgan fingerprint density at radius 2 is 1.18 bits per heavy atom. The van der Waals surface area contributed by atoms with Crippen molar-refractivity contribution in [2.24, 2.45) is 0 Å². The van der Waals surface area contributed by atoms with Gasteiger partial charge in [0.2, 0.25) is 0 Å². The van der Waals surface area contributed by atoms with Crippen molar-refractivity contribution in [3.8, 4) is 22.3 Å². The van der Waals surface area contributed by atoms with Crippen LogP contribution in [-0.4, -0.2) is 6.04 Å². The topological polar surface area (TPSA) is 3.24 Å². The molecule has 0 amide bonds. The van der Waals surface area contributed by atoms with Gasteiger partial charge in [-0.1, -0.05) is 127 Å². The number of para-hydroxylation sites is 1. The van der Waals surface area contributed by atoms with Crippen LogP contribution in [0.15, 0.2) is 146 Å². The SMILES string of the molecule is Cc1ccccc1-c1c2ccccc2c(-c2cccc(N3c4ccccc4C4C=CC=CC43)c2)c2ccccc12. The first-order valence-corrected chi connectivity index (χ1v) is 14.1. The molecule has 0 fully saturated rings. The standard InChI is InChI=1S/C39H29N/c1-26-13-2-3-16-29(26)39-34-21-6-4-19-32(34)38(33-20-5-7-22-35(33)39)27-14-12-15-28(25-27)40-36-23-10-8-17-30(36)31-18-9-11-24-37(31)40/h2-25,30,36H,1H3. The first kappa shape index (κ1) is 23.0. The third-order valence-corrected chi connectivity index (χ3v) is 8.72. The summed E-state index contributed by atoms with van der Waals surface area (Å²) < 4.78 is 0. The summed E-state index contributed by atoms with van der Waals surface area (Å²) in [5.41, 5.74) is 10.4. The van der Waals surface area contributed by atoms with Crippen LogP contribution in [0.4, 0.5) is 11.4 Å². The van der Waals surface area contributed by atoms with Gasteiger partial charge in [-0.2, -0.15) is 0 Å². The Morgan fingerprint density at radius 3 is 1.93 bits per heavy atom. The van der Waals surface area contributed by atoms with Gasteiger partial charge in [0.05, 0.1) is 6.04 Å². The van der Waals surface area contributed by atoms with Crippen LogP contribution in [0.2, 0.25) is 0 Å². The number of hydrogen-bond donors (Lipinski definition) is 0. The van der Waals surface area contributed by atoms with E-state index in [2.05, 4.69) is 157 Å². The summed E-state index contributed by atoms with van der Waals surface area (Å²) in [5.74, 6) is 0.375. The summed E-state index contributed by atoms with van der Waals surface area (Å²) in [4.78, 5) is 2.52. The van der Waals surface area contributed by atoms with Crippen LogP contribution < -0.4 is 4.90 Å². The van der Waals surface area contributed by atoms with E-state index in [1.807, 2.05) is 0 Å². The molecule has 6 aromatic rings. The number of anilines is 2. The molecule has 6 aromatic carbocycles. The molecule has 0 radical (unpaired) electrons. The fraction of sp³-hybridized carbons (Fsp3) is 0.0769. The predicted molar refractivity (Wildman–Crippen MR) is 170 cm³/mol. The average molecular weight is 512 g/mol. The van der Waals surface area contributed by atoms with Crippen molar-refractivity contribution in [3.05, 3.63) is 157 Å². The number of benzene rings is 6.